The standard InChI is InChI=1S/C5H11N.C2H4F2O/c1-6-4-2-3-5-6;3-2(4)1-5/h2-5H2,1H3;2,5H,1H2. The SMILES string of the molecule is CN1CCCC1.OCC(F)F. The predicted molar refractivity (Wildman–Crippen MR) is 39.8 cm³/mol. The number of nitrogens with zero attached hydrogens (tertiary/aromatic N) is 1. The molecule has 1 saturated heterocycles. The number of hydrogen-bond acceptors (Lipinski definition) is 2. The molecule has 0 aliphatic carbocycles. The van der Waals surface area contributed by atoms with E-state index in [2.05, 4.69) is 11.9 Å². The first kappa shape index (κ1) is 10.8. The molecule has 0 aromatic carbocycles. The molecule has 0 radical (unpaired) electrons. The fourth-order valence-electron chi connectivity index (χ4n) is 0.875. The molecule has 0 bridgehead atoms. The zero-order chi connectivity index (χ0) is 8.69. The molecule has 0 amide bonds. The average molecular weight is 167 g/mol. The molecule has 1 rings (SSSR count). The smallest absolute Gasteiger partial charge is 0.261 e. The Bertz CT molecular complexity index is 84.5. The summed E-state index contributed by atoms with van der Waals surface area (Å²) in [6, 6.07) is 0. The van der Waals surface area contributed by atoms with Crippen molar-refractivity contribution in [3.8, 4) is 0 Å². The summed E-state index contributed by atoms with van der Waals surface area (Å²) in [5.41, 5.74) is 0. The van der Waals surface area contributed by atoms with E-state index < -0.39 is 13.0 Å². The van der Waals surface area contributed by atoms with Crippen LogP contribution < -0.4 is 0 Å². The molecule has 4 heteroatoms. The maximum absolute atomic E-state index is 10.5. The minimum Gasteiger partial charge on any atom is -0.390 e. The van der Waals surface area contributed by atoms with Crippen LogP contribution >= 0.6 is 0 Å². The van der Waals surface area contributed by atoms with Crippen molar-refractivity contribution in [2.24, 2.45) is 0 Å². The molecular formula is C7H15F2NO. The van der Waals surface area contributed by atoms with Crippen molar-refractivity contribution in [3.05, 3.63) is 0 Å². The number of rotatable bonds is 1. The summed E-state index contributed by atoms with van der Waals surface area (Å²) in [5, 5.41) is 7.39. The van der Waals surface area contributed by atoms with Gasteiger partial charge in [0.05, 0.1) is 0 Å². The van der Waals surface area contributed by atoms with E-state index in [4.69, 9.17) is 5.11 Å². The predicted octanol–water partition coefficient (Wildman–Crippen LogP) is 0.956. The van der Waals surface area contributed by atoms with Crippen molar-refractivity contribution in [1.29, 1.82) is 0 Å². The van der Waals surface area contributed by atoms with Crippen LogP contribution in [0.2, 0.25) is 0 Å². The van der Waals surface area contributed by atoms with Gasteiger partial charge in [-0.05, 0) is 33.0 Å². The first-order chi connectivity index (χ1) is 5.16. The monoisotopic (exact) mass is 167 g/mol. The molecule has 0 aromatic heterocycles. The lowest BCUT2D eigenvalue weighted by molar-refractivity contribution is 0.0700. The quantitative estimate of drug-likeness (QED) is 0.628. The van der Waals surface area contributed by atoms with Crippen molar-refractivity contribution < 1.29 is 13.9 Å². The van der Waals surface area contributed by atoms with Gasteiger partial charge in [-0.2, -0.15) is 0 Å². The van der Waals surface area contributed by atoms with Crippen LogP contribution in [0.1, 0.15) is 12.8 Å². The van der Waals surface area contributed by atoms with Gasteiger partial charge in [0.15, 0.2) is 0 Å². The number of aliphatic hydroxyl groups excluding tert-OH is 1. The normalized spacial score (nSPS) is 18.3. The van der Waals surface area contributed by atoms with Crippen molar-refractivity contribution >= 4 is 0 Å². The molecule has 1 aliphatic rings. The second-order valence-electron chi connectivity index (χ2n) is 2.58. The molecule has 0 saturated carbocycles. The third kappa shape index (κ3) is 7.68. The summed E-state index contributed by atoms with van der Waals surface area (Å²) in [5.74, 6) is 0. The van der Waals surface area contributed by atoms with E-state index in [1.165, 1.54) is 25.9 Å². The molecule has 2 nitrogen and oxygen atoms in total. The lowest BCUT2D eigenvalue weighted by Crippen LogP contribution is -2.10. The minimum atomic E-state index is -2.56. The lowest BCUT2D eigenvalue weighted by atomic mass is 10.4. The summed E-state index contributed by atoms with van der Waals surface area (Å²) >= 11 is 0. The van der Waals surface area contributed by atoms with Gasteiger partial charge in [-0.3, -0.25) is 0 Å². The van der Waals surface area contributed by atoms with Gasteiger partial charge in [0.1, 0.15) is 6.61 Å². The van der Waals surface area contributed by atoms with Crippen molar-refractivity contribution in [1.82, 2.24) is 4.90 Å². The van der Waals surface area contributed by atoms with Gasteiger partial charge in [0.2, 0.25) is 0 Å². The first-order valence-electron chi connectivity index (χ1n) is 3.74. The van der Waals surface area contributed by atoms with Crippen LogP contribution in [0.5, 0.6) is 0 Å². The third-order valence-electron chi connectivity index (χ3n) is 1.47. The van der Waals surface area contributed by atoms with Crippen LogP contribution in [0.25, 0.3) is 0 Å². The van der Waals surface area contributed by atoms with E-state index in [0.717, 1.165) is 0 Å². The Balaban J connectivity index is 0.000000187. The summed E-state index contributed by atoms with van der Waals surface area (Å²) < 4.78 is 21.0. The van der Waals surface area contributed by atoms with Crippen LogP contribution in [-0.4, -0.2) is 43.2 Å². The van der Waals surface area contributed by atoms with Crippen LogP contribution in [0.4, 0.5) is 8.78 Å². The largest absolute Gasteiger partial charge is 0.390 e. The van der Waals surface area contributed by atoms with E-state index in [1.807, 2.05) is 0 Å². The van der Waals surface area contributed by atoms with E-state index in [0.29, 0.717) is 0 Å². The van der Waals surface area contributed by atoms with E-state index in [1.54, 1.807) is 0 Å². The number of hydrogen-bond donors (Lipinski definition) is 1. The summed E-state index contributed by atoms with van der Waals surface area (Å²) in [7, 11) is 2.17. The Labute approximate surface area is 65.8 Å². The highest BCUT2D eigenvalue weighted by molar-refractivity contribution is 4.59. The van der Waals surface area contributed by atoms with Gasteiger partial charge in [-0.15, -0.1) is 0 Å². The summed E-state index contributed by atoms with van der Waals surface area (Å²) in [4.78, 5) is 2.36. The number of aliphatic hydroxyl groups is 1. The fourth-order valence-corrected chi connectivity index (χ4v) is 0.875. The maximum atomic E-state index is 10.5. The Morgan fingerprint density at radius 3 is 1.82 bits per heavy atom. The van der Waals surface area contributed by atoms with Gasteiger partial charge >= 0.3 is 0 Å². The zero-order valence-corrected chi connectivity index (χ0v) is 6.76. The summed E-state index contributed by atoms with van der Waals surface area (Å²) in [6.07, 6.45) is 0.266. The van der Waals surface area contributed by atoms with Crippen molar-refractivity contribution in [3.63, 3.8) is 0 Å². The minimum absolute atomic E-state index is 1.03. The second kappa shape index (κ2) is 6.49. The number of halogens is 2. The van der Waals surface area contributed by atoms with E-state index in [-0.39, 0.29) is 0 Å². The van der Waals surface area contributed by atoms with Crippen LogP contribution in [0, 0.1) is 0 Å². The molecule has 1 fully saturated rings. The van der Waals surface area contributed by atoms with Gasteiger partial charge in [0, 0.05) is 0 Å². The molecule has 0 atom stereocenters. The van der Waals surface area contributed by atoms with E-state index >= 15 is 0 Å². The van der Waals surface area contributed by atoms with Gasteiger partial charge in [0.25, 0.3) is 6.43 Å². The highest BCUT2D eigenvalue weighted by Crippen LogP contribution is 2.02. The Morgan fingerprint density at radius 1 is 1.36 bits per heavy atom. The van der Waals surface area contributed by atoms with Crippen molar-refractivity contribution in [2.45, 2.75) is 19.3 Å². The van der Waals surface area contributed by atoms with Crippen LogP contribution in [0.15, 0.2) is 0 Å². The lowest BCUT2D eigenvalue weighted by Gasteiger charge is -2.01. The van der Waals surface area contributed by atoms with Gasteiger partial charge in [-0.25, -0.2) is 8.78 Å². The molecule has 1 N–H and O–H groups in total. The number of likely N-dealkylation sites (tertiary alicyclic amines) is 1. The molecular weight excluding hydrogens is 152 g/mol. The summed E-state index contributed by atoms with van der Waals surface area (Å²) in [6.45, 7) is 1.61. The van der Waals surface area contributed by atoms with Crippen molar-refractivity contribution in [2.75, 3.05) is 26.7 Å². The molecule has 0 spiro atoms. The van der Waals surface area contributed by atoms with Gasteiger partial charge < -0.3 is 10.0 Å². The number of alkyl halides is 2. The van der Waals surface area contributed by atoms with E-state index in [9.17, 15) is 8.78 Å². The molecule has 1 aliphatic heterocycles. The topological polar surface area (TPSA) is 23.5 Å². The zero-order valence-electron chi connectivity index (χ0n) is 6.76. The molecule has 11 heavy (non-hydrogen) atoms. The second-order valence-corrected chi connectivity index (χ2v) is 2.58. The first-order valence-corrected chi connectivity index (χ1v) is 3.74. The average Bonchev–Trinajstić information content (AvgIpc) is 2.41. The maximum Gasteiger partial charge on any atom is 0.261 e. The third-order valence-corrected chi connectivity index (χ3v) is 1.47. The fraction of sp³-hybridized carbons (Fsp3) is 1.00. The van der Waals surface area contributed by atoms with Gasteiger partial charge in [-0.1, -0.05) is 0 Å². The highest BCUT2D eigenvalue weighted by atomic mass is 19.3. The Morgan fingerprint density at radius 2 is 1.73 bits per heavy atom. The molecule has 0 unspecified atom stereocenters. The van der Waals surface area contributed by atoms with Crippen LogP contribution in [0.3, 0.4) is 0 Å². The molecule has 1 heterocycles. The molecule has 0 aromatic rings. The Hall–Kier alpha value is -0.220. The highest BCUT2D eigenvalue weighted by Gasteiger charge is 2.03. The van der Waals surface area contributed by atoms with Crippen LogP contribution in [-0.2, 0) is 0 Å². The molecule has 68 valence electrons. The Kier molecular flexibility index (Phi) is 6.36.